The van der Waals surface area contributed by atoms with Crippen LogP contribution < -0.4 is 0 Å². The number of benzene rings is 2. The van der Waals surface area contributed by atoms with Gasteiger partial charge in [-0.1, -0.05) is 103 Å². The molecule has 0 fully saturated rings. The van der Waals surface area contributed by atoms with Gasteiger partial charge in [0.05, 0.1) is 0 Å². The van der Waals surface area contributed by atoms with Gasteiger partial charge in [0.25, 0.3) is 0 Å². The Balaban J connectivity index is 0.000000444. The summed E-state index contributed by atoms with van der Waals surface area (Å²) in [6, 6.07) is 21.4. The zero-order valence-corrected chi connectivity index (χ0v) is 14.1. The second-order valence-corrected chi connectivity index (χ2v) is 5.64. The number of hydrogen-bond acceptors (Lipinski definition) is 0. The molecule has 0 nitrogen and oxygen atoms in total. The van der Waals surface area contributed by atoms with Crippen molar-refractivity contribution in [2.24, 2.45) is 0 Å². The minimum Gasteiger partial charge on any atom is -0.0928 e. The van der Waals surface area contributed by atoms with Gasteiger partial charge in [0.2, 0.25) is 0 Å². The Morgan fingerprint density at radius 1 is 0.750 bits per heavy atom. The van der Waals surface area contributed by atoms with Gasteiger partial charge in [-0.25, -0.2) is 0 Å². The highest BCUT2D eigenvalue weighted by molar-refractivity contribution is 9.09. The third-order valence-corrected chi connectivity index (χ3v) is 3.76. The van der Waals surface area contributed by atoms with Gasteiger partial charge in [0.15, 0.2) is 0 Å². The van der Waals surface area contributed by atoms with Gasteiger partial charge >= 0.3 is 0 Å². The molecule has 0 spiro atoms. The number of alkyl halides is 1. The Kier molecular flexibility index (Phi) is 9.06. The molecule has 2 rings (SSSR count). The predicted molar refractivity (Wildman–Crippen MR) is 93.7 cm³/mol. The fourth-order valence-electron chi connectivity index (χ4n) is 2.01. The standard InChI is InChI=1S/C15H15Br.C4H10/c16-12-11-15(13-7-3-1-4-8-13)14-9-5-2-6-10-14;1-3-4-2/h1-10,15H,11-12H2;3-4H2,1-2H3. The maximum absolute atomic E-state index is 3.54. The molecule has 0 bridgehead atoms. The first kappa shape index (κ1) is 17.0. The van der Waals surface area contributed by atoms with Crippen molar-refractivity contribution in [2.75, 3.05) is 5.33 Å². The van der Waals surface area contributed by atoms with Crippen LogP contribution in [0.1, 0.15) is 50.2 Å². The summed E-state index contributed by atoms with van der Waals surface area (Å²) in [5.41, 5.74) is 2.79. The van der Waals surface area contributed by atoms with E-state index in [-0.39, 0.29) is 0 Å². The molecule has 0 aliphatic carbocycles. The molecule has 0 radical (unpaired) electrons. The van der Waals surface area contributed by atoms with E-state index < -0.39 is 0 Å². The summed E-state index contributed by atoms with van der Waals surface area (Å²) in [6.45, 7) is 4.36. The average Bonchev–Trinajstić information content (AvgIpc) is 2.54. The molecule has 0 saturated carbocycles. The quantitative estimate of drug-likeness (QED) is 0.555. The van der Waals surface area contributed by atoms with Crippen molar-refractivity contribution in [2.45, 2.75) is 39.0 Å². The lowest BCUT2D eigenvalue weighted by molar-refractivity contribution is 0.789. The molecule has 2 aromatic rings. The normalized spacial score (nSPS) is 10.0. The molecule has 0 unspecified atom stereocenters. The van der Waals surface area contributed by atoms with E-state index in [0.29, 0.717) is 5.92 Å². The third-order valence-electron chi connectivity index (χ3n) is 3.30. The highest BCUT2D eigenvalue weighted by atomic mass is 79.9. The maximum Gasteiger partial charge on any atom is 0.00972 e. The zero-order chi connectivity index (χ0) is 14.6. The van der Waals surface area contributed by atoms with Crippen molar-refractivity contribution in [1.29, 1.82) is 0 Å². The summed E-state index contributed by atoms with van der Waals surface area (Å²) >= 11 is 3.54. The summed E-state index contributed by atoms with van der Waals surface area (Å²) < 4.78 is 0. The lowest BCUT2D eigenvalue weighted by Gasteiger charge is -2.16. The van der Waals surface area contributed by atoms with Crippen LogP contribution in [-0.2, 0) is 0 Å². The van der Waals surface area contributed by atoms with Crippen molar-refractivity contribution in [3.63, 3.8) is 0 Å². The van der Waals surface area contributed by atoms with Crippen molar-refractivity contribution in [3.8, 4) is 0 Å². The number of hydrogen-bond donors (Lipinski definition) is 0. The summed E-state index contributed by atoms with van der Waals surface area (Å²) in [7, 11) is 0. The van der Waals surface area contributed by atoms with Crippen molar-refractivity contribution >= 4 is 15.9 Å². The number of rotatable bonds is 5. The first-order valence-corrected chi connectivity index (χ1v) is 8.61. The Morgan fingerprint density at radius 3 is 1.45 bits per heavy atom. The van der Waals surface area contributed by atoms with Crippen molar-refractivity contribution in [1.82, 2.24) is 0 Å². The number of unbranched alkanes of at least 4 members (excludes halogenated alkanes) is 1. The third kappa shape index (κ3) is 5.92. The van der Waals surface area contributed by atoms with Gasteiger partial charge in [-0.2, -0.15) is 0 Å². The molecule has 0 aliphatic rings. The molecular weight excluding hydrogens is 308 g/mol. The van der Waals surface area contributed by atoms with E-state index >= 15 is 0 Å². The second-order valence-electron chi connectivity index (χ2n) is 4.85. The van der Waals surface area contributed by atoms with Gasteiger partial charge in [-0.15, -0.1) is 0 Å². The summed E-state index contributed by atoms with van der Waals surface area (Å²) in [5.74, 6) is 0.502. The minimum absolute atomic E-state index is 0.502. The van der Waals surface area contributed by atoms with Crippen LogP contribution in [-0.4, -0.2) is 5.33 Å². The highest BCUT2D eigenvalue weighted by Crippen LogP contribution is 2.28. The van der Waals surface area contributed by atoms with E-state index in [4.69, 9.17) is 0 Å². The molecule has 0 N–H and O–H groups in total. The van der Waals surface area contributed by atoms with Crippen LogP contribution in [0.25, 0.3) is 0 Å². The summed E-state index contributed by atoms with van der Waals surface area (Å²) in [5, 5.41) is 1.03. The van der Waals surface area contributed by atoms with Crippen LogP contribution in [0, 0.1) is 0 Å². The van der Waals surface area contributed by atoms with Crippen LogP contribution in [0.4, 0.5) is 0 Å². The lowest BCUT2D eigenvalue weighted by atomic mass is 9.89. The van der Waals surface area contributed by atoms with Crippen LogP contribution in [0.3, 0.4) is 0 Å². The Hall–Kier alpha value is -1.08. The Bertz CT molecular complexity index is 394. The fraction of sp³-hybridized carbons (Fsp3) is 0.368. The van der Waals surface area contributed by atoms with Crippen LogP contribution in [0.15, 0.2) is 60.7 Å². The maximum atomic E-state index is 3.54. The van der Waals surface area contributed by atoms with Gasteiger partial charge in [0, 0.05) is 11.2 Å². The monoisotopic (exact) mass is 332 g/mol. The molecule has 0 aromatic heterocycles. The first-order valence-electron chi connectivity index (χ1n) is 7.49. The van der Waals surface area contributed by atoms with Crippen LogP contribution in [0.5, 0.6) is 0 Å². The van der Waals surface area contributed by atoms with E-state index in [1.54, 1.807) is 0 Å². The summed E-state index contributed by atoms with van der Waals surface area (Å²) in [4.78, 5) is 0. The molecule has 0 heterocycles. The summed E-state index contributed by atoms with van der Waals surface area (Å²) in [6.07, 6.45) is 3.77. The largest absolute Gasteiger partial charge is 0.0928 e. The van der Waals surface area contributed by atoms with E-state index in [1.807, 2.05) is 0 Å². The highest BCUT2D eigenvalue weighted by Gasteiger charge is 2.12. The Labute approximate surface area is 132 Å². The van der Waals surface area contributed by atoms with Gasteiger partial charge in [-0.3, -0.25) is 0 Å². The van der Waals surface area contributed by atoms with Crippen molar-refractivity contribution < 1.29 is 0 Å². The zero-order valence-electron chi connectivity index (χ0n) is 12.6. The molecule has 0 atom stereocenters. The fourth-order valence-corrected chi connectivity index (χ4v) is 2.46. The van der Waals surface area contributed by atoms with E-state index in [1.165, 1.54) is 24.0 Å². The van der Waals surface area contributed by atoms with Gasteiger partial charge in [-0.05, 0) is 17.5 Å². The molecule has 0 aliphatic heterocycles. The lowest BCUT2D eigenvalue weighted by Crippen LogP contribution is -2.01. The average molecular weight is 333 g/mol. The van der Waals surface area contributed by atoms with Crippen LogP contribution >= 0.6 is 15.9 Å². The van der Waals surface area contributed by atoms with E-state index in [0.717, 1.165) is 11.8 Å². The molecule has 0 saturated heterocycles. The second kappa shape index (κ2) is 10.7. The molecule has 1 heteroatoms. The predicted octanol–water partition coefficient (Wildman–Crippen LogP) is 6.41. The topological polar surface area (TPSA) is 0 Å². The Morgan fingerprint density at radius 2 is 1.15 bits per heavy atom. The smallest absolute Gasteiger partial charge is 0.00972 e. The van der Waals surface area contributed by atoms with Gasteiger partial charge in [0.1, 0.15) is 0 Å². The number of halogens is 1. The van der Waals surface area contributed by atoms with Crippen molar-refractivity contribution in [3.05, 3.63) is 71.8 Å². The first-order chi connectivity index (χ1) is 9.83. The molecule has 2 aromatic carbocycles. The van der Waals surface area contributed by atoms with Crippen LogP contribution in [0.2, 0.25) is 0 Å². The molecule has 108 valence electrons. The molecule has 0 amide bonds. The molecular formula is C19H25Br. The minimum atomic E-state index is 0.502. The SMILES string of the molecule is BrCCC(c1ccccc1)c1ccccc1.CCCC. The van der Waals surface area contributed by atoms with E-state index in [9.17, 15) is 0 Å². The van der Waals surface area contributed by atoms with Gasteiger partial charge < -0.3 is 0 Å². The van der Waals surface area contributed by atoms with E-state index in [2.05, 4.69) is 90.4 Å². The molecule has 20 heavy (non-hydrogen) atoms.